The topological polar surface area (TPSA) is 84.6 Å². The van der Waals surface area contributed by atoms with Crippen molar-refractivity contribution in [2.24, 2.45) is 28.3 Å². The zero-order chi connectivity index (χ0) is 16.0. The average molecular weight is 333 g/mol. The van der Waals surface area contributed by atoms with Crippen molar-refractivity contribution in [3.05, 3.63) is 27.1 Å². The van der Waals surface area contributed by atoms with E-state index < -0.39 is 4.92 Å². The average Bonchev–Trinajstić information content (AvgIpc) is 2.95. The second kappa shape index (κ2) is 5.40. The Morgan fingerprint density at radius 1 is 1.26 bits per heavy atom. The van der Waals surface area contributed by atoms with Gasteiger partial charge in [0, 0.05) is 6.07 Å². The Kier molecular flexibility index (Phi) is 3.48. The van der Waals surface area contributed by atoms with E-state index in [1.54, 1.807) is 6.07 Å². The number of hydrazone groups is 1. The van der Waals surface area contributed by atoms with Gasteiger partial charge in [0.15, 0.2) is 0 Å². The van der Waals surface area contributed by atoms with Crippen LogP contribution in [-0.4, -0.2) is 17.0 Å². The van der Waals surface area contributed by atoms with E-state index in [0.717, 1.165) is 48.4 Å². The number of thiophene rings is 1. The smallest absolute Gasteiger partial charge is 0.273 e. The summed E-state index contributed by atoms with van der Waals surface area (Å²) in [7, 11) is 0. The summed E-state index contributed by atoms with van der Waals surface area (Å²) in [5.41, 5.74) is 2.48. The Balaban J connectivity index is 1.42. The van der Waals surface area contributed by atoms with Gasteiger partial charge in [-0.1, -0.05) is 11.3 Å². The summed E-state index contributed by atoms with van der Waals surface area (Å²) in [6, 6.07) is 3.09. The van der Waals surface area contributed by atoms with Gasteiger partial charge in [-0.15, -0.1) is 0 Å². The number of hydrogen-bond acceptors (Lipinski definition) is 5. The molecule has 7 heteroatoms. The van der Waals surface area contributed by atoms with Gasteiger partial charge in [0.1, 0.15) is 0 Å². The van der Waals surface area contributed by atoms with Crippen molar-refractivity contribution in [2.45, 2.75) is 38.5 Å². The number of nitrogens with zero attached hydrogens (tertiary/aromatic N) is 2. The molecule has 0 radical (unpaired) electrons. The summed E-state index contributed by atoms with van der Waals surface area (Å²) in [6.45, 7) is 0. The lowest BCUT2D eigenvalue weighted by Gasteiger charge is -2.55. The molecule has 4 saturated carbocycles. The molecule has 1 N–H and O–H groups in total. The summed E-state index contributed by atoms with van der Waals surface area (Å²) < 4.78 is 0. The Morgan fingerprint density at radius 2 is 1.87 bits per heavy atom. The fourth-order valence-corrected chi connectivity index (χ4v) is 5.87. The molecular formula is C16H19N3O3S. The quantitative estimate of drug-likeness (QED) is 0.521. The molecular weight excluding hydrogens is 314 g/mol. The molecule has 0 atom stereocenters. The van der Waals surface area contributed by atoms with Crippen LogP contribution in [-0.2, 0) is 4.79 Å². The maximum absolute atomic E-state index is 12.7. The molecule has 0 spiro atoms. The van der Waals surface area contributed by atoms with E-state index in [9.17, 15) is 14.9 Å². The van der Waals surface area contributed by atoms with Gasteiger partial charge in [-0.3, -0.25) is 14.9 Å². The molecule has 6 nitrogen and oxygen atoms in total. The van der Waals surface area contributed by atoms with E-state index in [4.69, 9.17) is 0 Å². The third-order valence-electron chi connectivity index (χ3n) is 5.67. The van der Waals surface area contributed by atoms with Crippen LogP contribution in [0.1, 0.15) is 43.4 Å². The fraction of sp³-hybridized carbons (Fsp3) is 0.625. The van der Waals surface area contributed by atoms with Crippen molar-refractivity contribution in [1.82, 2.24) is 5.43 Å². The van der Waals surface area contributed by atoms with Crippen LogP contribution >= 0.6 is 11.3 Å². The summed E-state index contributed by atoms with van der Waals surface area (Å²) >= 11 is 1.05. The molecule has 0 aromatic carbocycles. The molecule has 122 valence electrons. The maximum atomic E-state index is 12.7. The van der Waals surface area contributed by atoms with E-state index in [1.807, 2.05) is 0 Å². The molecule has 4 fully saturated rings. The van der Waals surface area contributed by atoms with Crippen LogP contribution in [0, 0.1) is 33.3 Å². The van der Waals surface area contributed by atoms with E-state index >= 15 is 0 Å². The van der Waals surface area contributed by atoms with Crippen molar-refractivity contribution < 1.29 is 9.72 Å². The van der Waals surface area contributed by atoms with Crippen molar-refractivity contribution in [3.8, 4) is 0 Å². The van der Waals surface area contributed by atoms with Crippen LogP contribution in [0.2, 0.25) is 0 Å². The molecule has 4 bridgehead atoms. The summed E-state index contributed by atoms with van der Waals surface area (Å²) in [4.78, 5) is 23.6. The van der Waals surface area contributed by atoms with Gasteiger partial charge in [-0.25, -0.2) is 5.43 Å². The van der Waals surface area contributed by atoms with Crippen molar-refractivity contribution >= 4 is 28.5 Å². The molecule has 5 rings (SSSR count). The zero-order valence-electron chi connectivity index (χ0n) is 12.7. The first-order valence-corrected chi connectivity index (χ1v) is 8.93. The number of carbonyl (C=O) groups excluding carboxylic acids is 1. The lowest BCUT2D eigenvalue weighted by Crippen LogP contribution is -2.52. The van der Waals surface area contributed by atoms with Gasteiger partial charge in [-0.05, 0) is 62.3 Å². The SMILES string of the molecule is O=C(N/N=C\c1ccc([N+](=O)[O-])s1)C12CC3CC(CC(C3)C1)C2. The van der Waals surface area contributed by atoms with E-state index in [1.165, 1.54) is 31.5 Å². The van der Waals surface area contributed by atoms with Crippen molar-refractivity contribution in [3.63, 3.8) is 0 Å². The van der Waals surface area contributed by atoms with Crippen molar-refractivity contribution in [2.75, 3.05) is 0 Å². The lowest BCUT2D eigenvalue weighted by molar-refractivity contribution is -0.380. The summed E-state index contributed by atoms with van der Waals surface area (Å²) in [6.07, 6.45) is 8.41. The minimum absolute atomic E-state index is 0.0407. The van der Waals surface area contributed by atoms with Gasteiger partial charge >= 0.3 is 5.00 Å². The first-order valence-electron chi connectivity index (χ1n) is 8.12. The second-order valence-electron chi connectivity index (χ2n) is 7.33. The van der Waals surface area contributed by atoms with Gasteiger partial charge in [-0.2, -0.15) is 5.10 Å². The molecule has 1 aromatic rings. The Labute approximate surface area is 138 Å². The molecule has 1 amide bonds. The lowest BCUT2D eigenvalue weighted by atomic mass is 9.49. The number of nitrogens with one attached hydrogen (secondary N) is 1. The standard InChI is InChI=1S/C16H19N3O3S/c20-15(18-17-9-13-1-2-14(23-13)19(21)22)16-6-10-3-11(7-16)5-12(4-10)8-16/h1-2,9-12H,3-8H2,(H,18,20)/b17-9-. The highest BCUT2D eigenvalue weighted by Gasteiger charge is 2.54. The van der Waals surface area contributed by atoms with Gasteiger partial charge in [0.2, 0.25) is 5.91 Å². The molecule has 0 aliphatic heterocycles. The number of hydrogen-bond donors (Lipinski definition) is 1. The monoisotopic (exact) mass is 333 g/mol. The van der Waals surface area contributed by atoms with E-state index in [0.29, 0.717) is 4.88 Å². The van der Waals surface area contributed by atoms with Crippen LogP contribution in [0.5, 0.6) is 0 Å². The third-order valence-corrected chi connectivity index (χ3v) is 6.64. The van der Waals surface area contributed by atoms with Crippen LogP contribution in [0.3, 0.4) is 0 Å². The van der Waals surface area contributed by atoms with Crippen LogP contribution in [0.4, 0.5) is 5.00 Å². The first kappa shape index (κ1) is 14.8. The number of carbonyl (C=O) groups is 1. The minimum Gasteiger partial charge on any atom is -0.273 e. The Bertz CT molecular complexity index is 647. The highest BCUT2D eigenvalue weighted by molar-refractivity contribution is 7.16. The van der Waals surface area contributed by atoms with Gasteiger partial charge in [0.05, 0.1) is 21.4 Å². The highest BCUT2D eigenvalue weighted by atomic mass is 32.1. The second-order valence-corrected chi connectivity index (χ2v) is 8.42. The Hall–Kier alpha value is -1.76. The van der Waals surface area contributed by atoms with Crippen LogP contribution in [0.25, 0.3) is 0 Å². The zero-order valence-corrected chi connectivity index (χ0v) is 13.6. The maximum Gasteiger partial charge on any atom is 0.324 e. The summed E-state index contributed by atoms with van der Waals surface area (Å²) in [5, 5.41) is 14.8. The molecule has 0 saturated heterocycles. The van der Waals surface area contributed by atoms with Crippen LogP contribution < -0.4 is 5.43 Å². The molecule has 23 heavy (non-hydrogen) atoms. The molecule has 0 unspecified atom stereocenters. The van der Waals surface area contributed by atoms with E-state index in [-0.39, 0.29) is 16.3 Å². The fourth-order valence-electron chi connectivity index (χ4n) is 5.17. The Morgan fingerprint density at radius 3 is 2.39 bits per heavy atom. The summed E-state index contributed by atoms with van der Waals surface area (Å²) in [5.74, 6) is 2.20. The van der Waals surface area contributed by atoms with Crippen molar-refractivity contribution in [1.29, 1.82) is 0 Å². The van der Waals surface area contributed by atoms with Gasteiger partial charge in [0.25, 0.3) is 0 Å². The normalized spacial score (nSPS) is 34.9. The largest absolute Gasteiger partial charge is 0.324 e. The predicted molar refractivity (Wildman–Crippen MR) is 87.3 cm³/mol. The first-order chi connectivity index (χ1) is 11.0. The molecule has 1 aromatic heterocycles. The molecule has 1 heterocycles. The third kappa shape index (κ3) is 2.67. The molecule has 4 aliphatic rings. The number of nitro groups is 1. The minimum atomic E-state index is -0.421. The van der Waals surface area contributed by atoms with Gasteiger partial charge < -0.3 is 0 Å². The molecule has 4 aliphatic carbocycles. The number of amides is 1. The number of rotatable bonds is 4. The predicted octanol–water partition coefficient (Wildman–Crippen LogP) is 3.32. The van der Waals surface area contributed by atoms with E-state index in [2.05, 4.69) is 10.5 Å². The highest BCUT2D eigenvalue weighted by Crippen LogP contribution is 2.60. The van der Waals surface area contributed by atoms with Crippen LogP contribution in [0.15, 0.2) is 17.2 Å².